The van der Waals surface area contributed by atoms with Crippen molar-refractivity contribution in [2.45, 2.75) is 24.5 Å². The predicted octanol–water partition coefficient (Wildman–Crippen LogP) is 0.881. The summed E-state index contributed by atoms with van der Waals surface area (Å²) in [6.07, 6.45) is 0. The summed E-state index contributed by atoms with van der Waals surface area (Å²) in [7, 11) is -7.58. The van der Waals surface area contributed by atoms with Gasteiger partial charge in [0.2, 0.25) is 10.0 Å². The standard InChI is InChI=1S/C12H15N3O5S2/c1-8-12(9(2)20-14-8)22(18,19)15-11-5-3-4-10(6-11)7-21(13,16)17/h3-6,15H,7H2,1-2H3,(H2,13,16,17). The molecule has 120 valence electrons. The fourth-order valence-corrected chi connectivity index (χ4v) is 4.05. The lowest BCUT2D eigenvalue weighted by atomic mass is 10.2. The van der Waals surface area contributed by atoms with E-state index in [0.29, 0.717) is 5.56 Å². The normalized spacial score (nSPS) is 12.3. The summed E-state index contributed by atoms with van der Waals surface area (Å²) < 4.78 is 54.1. The first-order valence-corrected chi connectivity index (χ1v) is 9.33. The van der Waals surface area contributed by atoms with Crippen LogP contribution in [0, 0.1) is 13.8 Å². The molecule has 0 aliphatic carbocycles. The summed E-state index contributed by atoms with van der Waals surface area (Å²) in [6.45, 7) is 3.01. The van der Waals surface area contributed by atoms with Crippen LogP contribution in [0.1, 0.15) is 17.0 Å². The summed E-state index contributed by atoms with van der Waals surface area (Å²) in [4.78, 5) is -0.0376. The molecule has 0 amide bonds. The van der Waals surface area contributed by atoms with Gasteiger partial charge in [-0.3, -0.25) is 4.72 Å². The van der Waals surface area contributed by atoms with E-state index < -0.39 is 20.0 Å². The van der Waals surface area contributed by atoms with Crippen LogP contribution in [0.4, 0.5) is 5.69 Å². The summed E-state index contributed by atoms with van der Waals surface area (Å²) in [5.74, 6) is -0.209. The highest BCUT2D eigenvalue weighted by atomic mass is 32.2. The van der Waals surface area contributed by atoms with E-state index in [1.54, 1.807) is 0 Å². The van der Waals surface area contributed by atoms with Crippen molar-refractivity contribution in [1.82, 2.24) is 5.16 Å². The van der Waals surface area contributed by atoms with Crippen molar-refractivity contribution in [3.05, 3.63) is 41.3 Å². The monoisotopic (exact) mass is 345 g/mol. The lowest BCUT2D eigenvalue weighted by molar-refractivity contribution is 0.390. The van der Waals surface area contributed by atoms with Gasteiger partial charge in [0, 0.05) is 5.69 Å². The fourth-order valence-electron chi connectivity index (χ4n) is 2.02. The van der Waals surface area contributed by atoms with Gasteiger partial charge in [-0.15, -0.1) is 0 Å². The highest BCUT2D eigenvalue weighted by Crippen LogP contribution is 2.23. The summed E-state index contributed by atoms with van der Waals surface area (Å²) >= 11 is 0. The van der Waals surface area contributed by atoms with Crippen molar-refractivity contribution in [3.63, 3.8) is 0 Å². The number of nitrogens with zero attached hydrogens (tertiary/aromatic N) is 1. The molecule has 1 heterocycles. The Morgan fingerprint density at radius 3 is 2.45 bits per heavy atom. The van der Waals surface area contributed by atoms with Crippen molar-refractivity contribution < 1.29 is 21.4 Å². The van der Waals surface area contributed by atoms with E-state index in [2.05, 4.69) is 9.88 Å². The van der Waals surface area contributed by atoms with Crippen molar-refractivity contribution in [2.75, 3.05) is 4.72 Å². The third-order valence-electron chi connectivity index (χ3n) is 2.78. The van der Waals surface area contributed by atoms with Gasteiger partial charge < -0.3 is 4.52 Å². The maximum atomic E-state index is 12.3. The second kappa shape index (κ2) is 5.71. The highest BCUT2D eigenvalue weighted by Gasteiger charge is 2.24. The number of primary sulfonamides is 1. The van der Waals surface area contributed by atoms with Crippen LogP contribution in [0.2, 0.25) is 0 Å². The van der Waals surface area contributed by atoms with Crippen LogP contribution >= 0.6 is 0 Å². The van der Waals surface area contributed by atoms with Crippen LogP contribution in [0.15, 0.2) is 33.7 Å². The fraction of sp³-hybridized carbons (Fsp3) is 0.250. The van der Waals surface area contributed by atoms with E-state index >= 15 is 0 Å². The molecular weight excluding hydrogens is 330 g/mol. The van der Waals surface area contributed by atoms with Crippen LogP contribution in [0.3, 0.4) is 0 Å². The molecule has 0 spiro atoms. The minimum absolute atomic E-state index is 0.0376. The molecule has 0 fully saturated rings. The Labute approximate surface area is 128 Å². The van der Waals surface area contributed by atoms with Gasteiger partial charge in [0.25, 0.3) is 10.0 Å². The zero-order valence-electron chi connectivity index (χ0n) is 11.9. The number of aryl methyl sites for hydroxylation is 2. The molecule has 0 saturated heterocycles. The Bertz CT molecular complexity index is 881. The third kappa shape index (κ3) is 3.84. The lowest BCUT2D eigenvalue weighted by Gasteiger charge is -2.09. The number of hydrogen-bond donors (Lipinski definition) is 2. The maximum absolute atomic E-state index is 12.3. The number of rotatable bonds is 5. The molecule has 1 aromatic carbocycles. The number of nitrogens with two attached hydrogens (primary N) is 1. The largest absolute Gasteiger partial charge is 0.360 e. The average Bonchev–Trinajstić information content (AvgIpc) is 2.67. The quantitative estimate of drug-likeness (QED) is 0.826. The molecule has 0 radical (unpaired) electrons. The molecule has 8 nitrogen and oxygen atoms in total. The van der Waals surface area contributed by atoms with E-state index in [-0.39, 0.29) is 27.8 Å². The number of hydrogen-bond acceptors (Lipinski definition) is 6. The Morgan fingerprint density at radius 1 is 1.23 bits per heavy atom. The molecular formula is C12H15N3O5S2. The van der Waals surface area contributed by atoms with Crippen molar-refractivity contribution in [2.24, 2.45) is 5.14 Å². The van der Waals surface area contributed by atoms with Crippen LogP contribution in [-0.4, -0.2) is 22.0 Å². The van der Waals surface area contributed by atoms with Gasteiger partial charge >= 0.3 is 0 Å². The second-order valence-electron chi connectivity index (χ2n) is 4.77. The lowest BCUT2D eigenvalue weighted by Crippen LogP contribution is -2.16. The molecule has 0 atom stereocenters. The van der Waals surface area contributed by atoms with Crippen molar-refractivity contribution >= 4 is 25.7 Å². The Morgan fingerprint density at radius 2 is 1.91 bits per heavy atom. The van der Waals surface area contributed by atoms with Gasteiger partial charge in [0.15, 0.2) is 10.7 Å². The summed E-state index contributed by atoms with van der Waals surface area (Å²) in [5, 5.41) is 8.57. The van der Waals surface area contributed by atoms with E-state index in [1.165, 1.54) is 38.1 Å². The summed E-state index contributed by atoms with van der Waals surface area (Å²) in [5.41, 5.74) is 0.841. The molecule has 3 N–H and O–H groups in total. The highest BCUT2D eigenvalue weighted by molar-refractivity contribution is 7.92. The first kappa shape index (κ1) is 16.5. The predicted molar refractivity (Wildman–Crippen MR) is 80.0 cm³/mol. The van der Waals surface area contributed by atoms with Crippen LogP contribution < -0.4 is 9.86 Å². The SMILES string of the molecule is Cc1noc(C)c1S(=O)(=O)Nc1cccc(CS(N)(=O)=O)c1. The van der Waals surface area contributed by atoms with Crippen molar-refractivity contribution in [1.29, 1.82) is 0 Å². The molecule has 0 aliphatic heterocycles. The zero-order valence-corrected chi connectivity index (χ0v) is 13.5. The maximum Gasteiger partial charge on any atom is 0.267 e. The Kier molecular flexibility index (Phi) is 4.27. The minimum atomic E-state index is -3.88. The van der Waals surface area contributed by atoms with Crippen LogP contribution in [0.25, 0.3) is 0 Å². The van der Waals surface area contributed by atoms with Gasteiger partial charge in [-0.05, 0) is 31.5 Å². The molecule has 0 saturated carbocycles. The van der Waals surface area contributed by atoms with Gasteiger partial charge in [-0.1, -0.05) is 17.3 Å². The summed E-state index contributed by atoms with van der Waals surface area (Å²) in [6, 6.07) is 5.98. The molecule has 0 aliphatic rings. The molecule has 2 aromatic rings. The van der Waals surface area contributed by atoms with Gasteiger partial charge in [-0.2, -0.15) is 0 Å². The first-order valence-electron chi connectivity index (χ1n) is 6.13. The van der Waals surface area contributed by atoms with E-state index in [0.717, 1.165) is 0 Å². The van der Waals surface area contributed by atoms with E-state index in [9.17, 15) is 16.8 Å². The molecule has 0 unspecified atom stereocenters. The Balaban J connectivity index is 2.33. The number of nitrogens with one attached hydrogen (secondary N) is 1. The number of anilines is 1. The first-order chi connectivity index (χ1) is 10.1. The zero-order chi connectivity index (χ0) is 16.5. The number of benzene rings is 1. The molecule has 0 bridgehead atoms. The minimum Gasteiger partial charge on any atom is -0.360 e. The molecule has 2 rings (SSSR count). The third-order valence-corrected chi connectivity index (χ3v) is 5.14. The molecule has 10 heteroatoms. The van der Waals surface area contributed by atoms with E-state index in [4.69, 9.17) is 9.66 Å². The molecule has 22 heavy (non-hydrogen) atoms. The van der Waals surface area contributed by atoms with Crippen LogP contribution in [0.5, 0.6) is 0 Å². The Hall–Kier alpha value is -1.91. The average molecular weight is 345 g/mol. The van der Waals surface area contributed by atoms with Gasteiger partial charge in [0.05, 0.1) is 5.75 Å². The second-order valence-corrected chi connectivity index (χ2v) is 8.00. The van der Waals surface area contributed by atoms with Crippen molar-refractivity contribution in [3.8, 4) is 0 Å². The smallest absolute Gasteiger partial charge is 0.267 e. The van der Waals surface area contributed by atoms with Crippen LogP contribution in [-0.2, 0) is 25.8 Å². The van der Waals surface area contributed by atoms with Gasteiger partial charge in [0.1, 0.15) is 5.69 Å². The number of aromatic nitrogens is 1. The molecule has 1 aromatic heterocycles. The number of sulfonamides is 2. The van der Waals surface area contributed by atoms with E-state index in [1.807, 2.05) is 0 Å². The van der Waals surface area contributed by atoms with Gasteiger partial charge in [-0.25, -0.2) is 22.0 Å². The topological polar surface area (TPSA) is 132 Å².